The van der Waals surface area contributed by atoms with Crippen LogP contribution < -0.4 is 0 Å². The molecule has 0 spiro atoms. The molecule has 1 aromatic rings. The first-order valence-electron chi connectivity index (χ1n) is 6.95. The van der Waals surface area contributed by atoms with Crippen LogP contribution in [0.15, 0.2) is 18.2 Å². The van der Waals surface area contributed by atoms with Crippen LogP contribution in [0.3, 0.4) is 0 Å². The fourth-order valence-electron chi connectivity index (χ4n) is 2.60. The monoisotopic (exact) mass is 279 g/mol. The van der Waals surface area contributed by atoms with Crippen molar-refractivity contribution in [2.24, 2.45) is 5.92 Å². The summed E-state index contributed by atoms with van der Waals surface area (Å²) in [5.41, 5.74) is 0.804. The van der Waals surface area contributed by atoms with Crippen molar-refractivity contribution in [1.29, 1.82) is 0 Å². The number of nitrogens with zero attached hydrogens (tertiary/aromatic N) is 1. The predicted octanol–water partition coefficient (Wildman–Crippen LogP) is 1.26. The van der Waals surface area contributed by atoms with E-state index in [1.165, 1.54) is 12.1 Å². The highest BCUT2D eigenvalue weighted by atomic mass is 16.3. The second-order valence-electron chi connectivity index (χ2n) is 5.51. The number of piperidine rings is 1. The summed E-state index contributed by atoms with van der Waals surface area (Å²) in [6, 6.07) is 4.60. The van der Waals surface area contributed by atoms with Crippen LogP contribution in [0.1, 0.15) is 25.3 Å². The average Bonchev–Trinajstić information content (AvgIpc) is 2.42. The van der Waals surface area contributed by atoms with Gasteiger partial charge in [-0.05, 0) is 37.0 Å². The van der Waals surface area contributed by atoms with Crippen LogP contribution in [0.25, 0.3) is 0 Å². The molecule has 1 saturated heterocycles. The molecule has 3 N–H and O–H groups in total. The fraction of sp³-hybridized carbons (Fsp3) is 0.533. The smallest absolute Gasteiger partial charge is 0.225 e. The van der Waals surface area contributed by atoms with Gasteiger partial charge in [0.25, 0.3) is 0 Å². The highest BCUT2D eigenvalue weighted by Gasteiger charge is 2.25. The number of benzene rings is 1. The largest absolute Gasteiger partial charge is 0.504 e. The van der Waals surface area contributed by atoms with Crippen LogP contribution in [-0.2, 0) is 11.2 Å². The second-order valence-corrected chi connectivity index (χ2v) is 5.51. The molecule has 1 aliphatic rings. The lowest BCUT2D eigenvalue weighted by molar-refractivity contribution is -0.138. The summed E-state index contributed by atoms with van der Waals surface area (Å²) in [5, 5.41) is 28.3. The van der Waals surface area contributed by atoms with Gasteiger partial charge in [-0.15, -0.1) is 0 Å². The number of phenolic OH excluding ortho intramolecular Hbond substituents is 2. The molecule has 20 heavy (non-hydrogen) atoms. The number of likely N-dealkylation sites (tertiary alicyclic amines) is 1. The Morgan fingerprint density at radius 2 is 2.15 bits per heavy atom. The van der Waals surface area contributed by atoms with Gasteiger partial charge in [0.2, 0.25) is 5.91 Å². The minimum absolute atomic E-state index is 0.0244. The summed E-state index contributed by atoms with van der Waals surface area (Å²) >= 11 is 0. The van der Waals surface area contributed by atoms with Gasteiger partial charge in [0.1, 0.15) is 0 Å². The molecule has 0 radical (unpaired) electrons. The Balaban J connectivity index is 1.98. The first kappa shape index (κ1) is 14.7. The van der Waals surface area contributed by atoms with Crippen LogP contribution in [0.4, 0.5) is 0 Å². The van der Waals surface area contributed by atoms with Gasteiger partial charge in [0.05, 0.1) is 6.10 Å². The zero-order chi connectivity index (χ0) is 14.7. The molecule has 0 aliphatic carbocycles. The third kappa shape index (κ3) is 3.42. The quantitative estimate of drug-likeness (QED) is 0.728. The van der Waals surface area contributed by atoms with Gasteiger partial charge >= 0.3 is 0 Å². The van der Waals surface area contributed by atoms with E-state index in [4.69, 9.17) is 0 Å². The summed E-state index contributed by atoms with van der Waals surface area (Å²) in [7, 11) is 0. The van der Waals surface area contributed by atoms with Crippen molar-refractivity contribution in [2.75, 3.05) is 13.1 Å². The van der Waals surface area contributed by atoms with Gasteiger partial charge in [-0.1, -0.05) is 13.0 Å². The van der Waals surface area contributed by atoms with Crippen molar-refractivity contribution < 1.29 is 20.1 Å². The molecule has 2 atom stereocenters. The molecule has 1 heterocycles. The molecule has 1 fully saturated rings. The maximum atomic E-state index is 12.3. The molecule has 5 nitrogen and oxygen atoms in total. The van der Waals surface area contributed by atoms with Gasteiger partial charge < -0.3 is 20.2 Å². The normalized spacial score (nSPS) is 20.7. The van der Waals surface area contributed by atoms with E-state index in [2.05, 4.69) is 0 Å². The zero-order valence-electron chi connectivity index (χ0n) is 11.6. The number of hydrogen-bond acceptors (Lipinski definition) is 4. The molecular weight excluding hydrogens is 258 g/mol. The number of aliphatic hydroxyl groups excluding tert-OH is 1. The van der Waals surface area contributed by atoms with E-state index in [9.17, 15) is 20.1 Å². The Morgan fingerprint density at radius 3 is 2.80 bits per heavy atom. The number of amides is 1. The van der Waals surface area contributed by atoms with E-state index >= 15 is 0 Å². The molecule has 1 aliphatic heterocycles. The summed E-state index contributed by atoms with van der Waals surface area (Å²) in [6.07, 6.45) is 1.67. The topological polar surface area (TPSA) is 81.0 Å². The van der Waals surface area contributed by atoms with Crippen molar-refractivity contribution in [2.45, 2.75) is 32.3 Å². The SMILES string of the molecule is CC(Cc1ccc(O)c(O)c1)C(=O)N1CCCC(O)C1. The van der Waals surface area contributed by atoms with Crippen molar-refractivity contribution in [3.8, 4) is 11.5 Å². The number of carbonyl (C=O) groups is 1. The number of carbonyl (C=O) groups excluding carboxylic acids is 1. The van der Waals surface area contributed by atoms with Crippen LogP contribution in [0.2, 0.25) is 0 Å². The molecule has 2 unspecified atom stereocenters. The lowest BCUT2D eigenvalue weighted by Crippen LogP contribution is -2.44. The van der Waals surface area contributed by atoms with Gasteiger partial charge in [-0.2, -0.15) is 0 Å². The number of rotatable bonds is 3. The van der Waals surface area contributed by atoms with E-state index in [1.54, 1.807) is 11.0 Å². The highest BCUT2D eigenvalue weighted by molar-refractivity contribution is 5.79. The van der Waals surface area contributed by atoms with Gasteiger partial charge in [0, 0.05) is 19.0 Å². The Labute approximate surface area is 118 Å². The van der Waals surface area contributed by atoms with Crippen LogP contribution in [-0.4, -0.2) is 45.3 Å². The summed E-state index contributed by atoms with van der Waals surface area (Å²) < 4.78 is 0. The maximum Gasteiger partial charge on any atom is 0.225 e. The van der Waals surface area contributed by atoms with E-state index < -0.39 is 6.10 Å². The number of aromatic hydroxyl groups is 2. The van der Waals surface area contributed by atoms with Crippen molar-refractivity contribution in [3.05, 3.63) is 23.8 Å². The van der Waals surface area contributed by atoms with Gasteiger partial charge in [-0.3, -0.25) is 4.79 Å². The number of phenols is 2. The lowest BCUT2D eigenvalue weighted by atomic mass is 9.98. The van der Waals surface area contributed by atoms with Crippen molar-refractivity contribution in [3.63, 3.8) is 0 Å². The van der Waals surface area contributed by atoms with E-state index in [1.807, 2.05) is 6.92 Å². The number of hydrogen-bond donors (Lipinski definition) is 3. The molecule has 0 saturated carbocycles. The molecule has 0 aromatic heterocycles. The Kier molecular flexibility index (Phi) is 4.49. The van der Waals surface area contributed by atoms with Crippen LogP contribution in [0.5, 0.6) is 11.5 Å². The average molecular weight is 279 g/mol. The molecule has 5 heteroatoms. The van der Waals surface area contributed by atoms with E-state index in [0.717, 1.165) is 18.4 Å². The fourth-order valence-corrected chi connectivity index (χ4v) is 2.60. The maximum absolute atomic E-state index is 12.3. The minimum atomic E-state index is -0.419. The van der Waals surface area contributed by atoms with E-state index in [0.29, 0.717) is 19.5 Å². The Hall–Kier alpha value is -1.75. The Bertz CT molecular complexity index is 489. The zero-order valence-corrected chi connectivity index (χ0v) is 11.6. The third-order valence-electron chi connectivity index (χ3n) is 3.71. The van der Waals surface area contributed by atoms with Crippen LogP contribution in [0, 0.1) is 5.92 Å². The molecule has 2 rings (SSSR count). The highest BCUT2D eigenvalue weighted by Crippen LogP contribution is 2.26. The Morgan fingerprint density at radius 1 is 1.40 bits per heavy atom. The molecule has 110 valence electrons. The lowest BCUT2D eigenvalue weighted by Gasteiger charge is -2.32. The second kappa shape index (κ2) is 6.13. The number of aliphatic hydroxyl groups is 1. The number of β-amino-alcohol motifs (C(OH)–C–C–N with tert-alkyl or cyclic N) is 1. The van der Waals surface area contributed by atoms with Crippen molar-refractivity contribution in [1.82, 2.24) is 4.90 Å². The molecule has 1 amide bonds. The third-order valence-corrected chi connectivity index (χ3v) is 3.71. The molecular formula is C15H21NO4. The minimum Gasteiger partial charge on any atom is -0.504 e. The summed E-state index contributed by atoms with van der Waals surface area (Å²) in [6.45, 7) is 2.94. The standard InChI is InChI=1S/C15H21NO4/c1-10(7-11-4-5-13(18)14(19)8-11)15(20)16-6-2-3-12(17)9-16/h4-5,8,10,12,17-19H,2-3,6-7,9H2,1H3. The van der Waals surface area contributed by atoms with Gasteiger partial charge in [0.15, 0.2) is 11.5 Å². The summed E-state index contributed by atoms with van der Waals surface area (Å²) in [5.74, 6) is -0.525. The van der Waals surface area contributed by atoms with Crippen LogP contribution >= 0.6 is 0 Å². The predicted molar refractivity (Wildman–Crippen MR) is 74.5 cm³/mol. The van der Waals surface area contributed by atoms with E-state index in [-0.39, 0.29) is 23.3 Å². The van der Waals surface area contributed by atoms with Crippen molar-refractivity contribution >= 4 is 5.91 Å². The molecule has 1 aromatic carbocycles. The van der Waals surface area contributed by atoms with Gasteiger partial charge in [-0.25, -0.2) is 0 Å². The summed E-state index contributed by atoms with van der Waals surface area (Å²) in [4.78, 5) is 14.0. The molecule has 0 bridgehead atoms. The first-order valence-corrected chi connectivity index (χ1v) is 6.95. The first-order chi connectivity index (χ1) is 9.47.